The normalized spacial score (nSPS) is 11.5. The Morgan fingerprint density at radius 1 is 0.242 bits per heavy atom. The third-order valence-corrected chi connectivity index (χ3v) is 12.0. The van der Waals surface area contributed by atoms with E-state index in [0.717, 1.165) is 60.8 Å². The molecule has 0 fully saturated rings. The molecule has 0 unspecified atom stereocenters. The lowest BCUT2D eigenvalue weighted by Crippen LogP contribution is -2.01. The van der Waals surface area contributed by atoms with E-state index in [4.69, 9.17) is 15.0 Å². The van der Waals surface area contributed by atoms with Crippen molar-refractivity contribution in [3.63, 3.8) is 0 Å². The predicted molar refractivity (Wildman–Crippen MR) is 256 cm³/mol. The van der Waals surface area contributed by atoms with Gasteiger partial charge in [-0.15, -0.1) is 0 Å². The Labute approximate surface area is 357 Å². The second-order valence-corrected chi connectivity index (χ2v) is 15.8. The van der Waals surface area contributed by atoms with Gasteiger partial charge in [0.15, 0.2) is 17.5 Å². The first-order valence-corrected chi connectivity index (χ1v) is 20.8. The molecular weight excluding hydrogens is 755 g/mol. The van der Waals surface area contributed by atoms with Gasteiger partial charge >= 0.3 is 0 Å². The minimum absolute atomic E-state index is 0.592. The maximum Gasteiger partial charge on any atom is 0.164 e. The van der Waals surface area contributed by atoms with E-state index in [2.05, 4.69) is 204 Å². The molecule has 0 aliphatic heterocycles. The van der Waals surface area contributed by atoms with Gasteiger partial charge in [-0.25, -0.2) is 24.9 Å². The SMILES string of the molecule is c1ccc2cc3c(-c4cc(-c5nc(-c6ccc(-c7cncnc7)cc6)nc(-c6cccc7ccccc67)n5)cc(-c5cccc6cc7ccccc7cc56)c4)cccc3cc2c1. The minimum Gasteiger partial charge on any atom is -0.244 e. The third-order valence-electron chi connectivity index (χ3n) is 12.0. The van der Waals surface area contributed by atoms with E-state index in [1.807, 2.05) is 12.4 Å². The maximum absolute atomic E-state index is 5.35. The molecule has 5 heteroatoms. The monoisotopic (exact) mass is 789 g/mol. The summed E-state index contributed by atoms with van der Waals surface area (Å²) in [5.74, 6) is 1.80. The van der Waals surface area contributed by atoms with Gasteiger partial charge in [-0.05, 0) is 124 Å². The number of fused-ring (bicyclic) bond motifs is 5. The fourth-order valence-electron chi connectivity index (χ4n) is 8.94. The van der Waals surface area contributed by atoms with Gasteiger partial charge in [0, 0.05) is 34.6 Å². The molecule has 12 rings (SSSR count). The maximum atomic E-state index is 5.35. The van der Waals surface area contributed by atoms with Crippen molar-refractivity contribution in [2.75, 3.05) is 0 Å². The largest absolute Gasteiger partial charge is 0.244 e. The van der Waals surface area contributed by atoms with Crippen LogP contribution in [0.3, 0.4) is 0 Å². The number of hydrogen-bond acceptors (Lipinski definition) is 5. The van der Waals surface area contributed by atoms with Crippen molar-refractivity contribution >= 4 is 53.9 Å². The molecule has 0 N–H and O–H groups in total. The first-order valence-electron chi connectivity index (χ1n) is 20.8. The summed E-state index contributed by atoms with van der Waals surface area (Å²) < 4.78 is 0. The van der Waals surface area contributed by atoms with Gasteiger partial charge in [0.05, 0.1) is 0 Å². The molecular formula is C57H35N5. The summed E-state index contributed by atoms with van der Waals surface area (Å²) in [5, 5.41) is 11.8. The second kappa shape index (κ2) is 14.7. The van der Waals surface area contributed by atoms with Gasteiger partial charge in [-0.3, -0.25) is 0 Å². The van der Waals surface area contributed by atoms with Crippen molar-refractivity contribution in [2.24, 2.45) is 0 Å². The van der Waals surface area contributed by atoms with Crippen molar-refractivity contribution < 1.29 is 0 Å². The first-order chi connectivity index (χ1) is 30.7. The van der Waals surface area contributed by atoms with Crippen LogP contribution in [0.1, 0.15) is 0 Å². The van der Waals surface area contributed by atoms with E-state index in [1.54, 1.807) is 6.33 Å². The summed E-state index contributed by atoms with van der Waals surface area (Å²) in [6, 6.07) is 69.4. The molecule has 10 aromatic carbocycles. The smallest absolute Gasteiger partial charge is 0.164 e. The average Bonchev–Trinajstić information content (AvgIpc) is 3.34. The van der Waals surface area contributed by atoms with Gasteiger partial charge in [0.2, 0.25) is 0 Å². The zero-order valence-electron chi connectivity index (χ0n) is 33.4. The highest BCUT2D eigenvalue weighted by Gasteiger charge is 2.18. The van der Waals surface area contributed by atoms with Gasteiger partial charge < -0.3 is 0 Å². The highest BCUT2D eigenvalue weighted by molar-refractivity contribution is 6.08. The van der Waals surface area contributed by atoms with Crippen LogP contribution < -0.4 is 0 Å². The van der Waals surface area contributed by atoms with E-state index >= 15 is 0 Å². The molecule has 0 amide bonds. The Balaban J connectivity index is 1.12. The zero-order valence-corrected chi connectivity index (χ0v) is 33.4. The Kier molecular flexibility index (Phi) is 8.42. The quantitative estimate of drug-likeness (QED) is 0.157. The number of aromatic nitrogens is 5. The molecule has 0 bridgehead atoms. The van der Waals surface area contributed by atoms with Gasteiger partial charge in [0.1, 0.15) is 6.33 Å². The third kappa shape index (κ3) is 6.32. The Morgan fingerprint density at radius 3 is 1.27 bits per heavy atom. The van der Waals surface area contributed by atoms with Crippen molar-refractivity contribution in [2.45, 2.75) is 0 Å². The highest BCUT2D eigenvalue weighted by atomic mass is 15.0. The van der Waals surface area contributed by atoms with Crippen LogP contribution in [0, 0.1) is 0 Å². The molecule has 0 saturated heterocycles. The van der Waals surface area contributed by atoms with Crippen LogP contribution >= 0.6 is 0 Å². The predicted octanol–water partition coefficient (Wildman–Crippen LogP) is 14.4. The number of nitrogens with zero attached hydrogens (tertiary/aromatic N) is 5. The highest BCUT2D eigenvalue weighted by Crippen LogP contribution is 2.40. The van der Waals surface area contributed by atoms with E-state index in [9.17, 15) is 0 Å². The van der Waals surface area contributed by atoms with Crippen LogP contribution in [-0.4, -0.2) is 24.9 Å². The summed E-state index contributed by atoms with van der Waals surface area (Å²) >= 11 is 0. The standard InChI is InChI=1S/C57H35N5/c1-3-13-41-31-53-43(26-39(41)11-1)16-8-19-50(53)45-28-46(51-20-9-17-44-27-40-12-2-4-14-42(40)32-54(44)51)30-47(29-45)56-60-55(38-24-22-36(23-25-38)48-33-58-35-59-34-48)61-57(62-56)52-21-7-15-37-10-5-6-18-49(37)52/h1-35H. The molecule has 5 nitrogen and oxygen atoms in total. The summed E-state index contributed by atoms with van der Waals surface area (Å²) in [6.45, 7) is 0. The molecule has 12 aromatic rings. The Hall–Kier alpha value is -8.41. The fourth-order valence-corrected chi connectivity index (χ4v) is 8.94. The van der Waals surface area contributed by atoms with Gasteiger partial charge in [-0.1, -0.05) is 152 Å². The fraction of sp³-hybridized carbons (Fsp3) is 0. The van der Waals surface area contributed by atoms with E-state index < -0.39 is 0 Å². The molecule has 0 spiro atoms. The van der Waals surface area contributed by atoms with Crippen LogP contribution in [0.15, 0.2) is 213 Å². The van der Waals surface area contributed by atoms with E-state index in [-0.39, 0.29) is 0 Å². The molecule has 0 aliphatic carbocycles. The molecule has 2 aromatic heterocycles. The molecule has 0 radical (unpaired) electrons. The molecule has 0 aliphatic rings. The molecule has 288 valence electrons. The lowest BCUT2D eigenvalue weighted by Gasteiger charge is -2.16. The van der Waals surface area contributed by atoms with Crippen molar-refractivity contribution in [1.82, 2.24) is 24.9 Å². The number of rotatable bonds is 6. The lowest BCUT2D eigenvalue weighted by atomic mass is 9.90. The summed E-state index contributed by atoms with van der Waals surface area (Å²) in [7, 11) is 0. The Morgan fingerprint density at radius 2 is 0.677 bits per heavy atom. The lowest BCUT2D eigenvalue weighted by molar-refractivity contribution is 1.08. The molecule has 0 saturated carbocycles. The molecule has 0 atom stereocenters. The van der Waals surface area contributed by atoms with Gasteiger partial charge in [0.25, 0.3) is 0 Å². The number of hydrogen-bond donors (Lipinski definition) is 0. The van der Waals surface area contributed by atoms with Crippen LogP contribution in [0.25, 0.3) is 121 Å². The Bertz CT molecular complexity index is 3550. The van der Waals surface area contributed by atoms with E-state index in [1.165, 1.54) is 43.1 Å². The van der Waals surface area contributed by atoms with Crippen molar-refractivity contribution in [1.29, 1.82) is 0 Å². The van der Waals surface area contributed by atoms with Crippen molar-refractivity contribution in [3.05, 3.63) is 213 Å². The summed E-state index contributed by atoms with van der Waals surface area (Å²) in [5.41, 5.74) is 9.14. The van der Waals surface area contributed by atoms with Crippen LogP contribution in [0.2, 0.25) is 0 Å². The zero-order chi connectivity index (χ0) is 41.0. The van der Waals surface area contributed by atoms with Crippen LogP contribution in [0.5, 0.6) is 0 Å². The van der Waals surface area contributed by atoms with Crippen LogP contribution in [-0.2, 0) is 0 Å². The van der Waals surface area contributed by atoms with Crippen LogP contribution in [0.4, 0.5) is 0 Å². The topological polar surface area (TPSA) is 64.5 Å². The number of benzene rings is 10. The van der Waals surface area contributed by atoms with Gasteiger partial charge in [-0.2, -0.15) is 0 Å². The molecule has 2 heterocycles. The van der Waals surface area contributed by atoms with E-state index in [0.29, 0.717) is 17.5 Å². The van der Waals surface area contributed by atoms with Crippen molar-refractivity contribution in [3.8, 4) is 67.5 Å². The average molecular weight is 790 g/mol. The summed E-state index contributed by atoms with van der Waals surface area (Å²) in [4.78, 5) is 24.3. The first kappa shape index (κ1) is 35.5. The molecule has 62 heavy (non-hydrogen) atoms. The second-order valence-electron chi connectivity index (χ2n) is 15.8. The minimum atomic E-state index is 0.592. The summed E-state index contributed by atoms with van der Waals surface area (Å²) in [6.07, 6.45) is 5.19.